The van der Waals surface area contributed by atoms with E-state index < -0.39 is 0 Å². The molecule has 2 heterocycles. The predicted octanol–water partition coefficient (Wildman–Crippen LogP) is 3.37. The minimum Gasteiger partial charge on any atom is -0.489 e. The zero-order valence-corrected chi connectivity index (χ0v) is 16.8. The van der Waals surface area contributed by atoms with Gasteiger partial charge < -0.3 is 20.3 Å². The molecule has 1 aromatic carbocycles. The first-order chi connectivity index (χ1) is 13.5. The maximum absolute atomic E-state index is 6.20. The fourth-order valence-corrected chi connectivity index (χ4v) is 3.95. The lowest BCUT2D eigenvalue weighted by atomic mass is 9.93. The SMILES string of the molecule is Cc1c(-c2noc(C3C=CC(OC(C)C)=C(N)C3)n2)ccc2c1CCNCC2. The molecule has 6 heteroatoms. The lowest BCUT2D eigenvalue weighted by molar-refractivity contribution is 0.152. The van der Waals surface area contributed by atoms with Gasteiger partial charge in [-0.05, 0) is 69.5 Å². The molecule has 1 unspecified atom stereocenters. The summed E-state index contributed by atoms with van der Waals surface area (Å²) in [5, 5.41) is 7.73. The number of benzene rings is 1. The molecule has 28 heavy (non-hydrogen) atoms. The van der Waals surface area contributed by atoms with E-state index in [0.717, 1.165) is 43.0 Å². The van der Waals surface area contributed by atoms with E-state index in [1.54, 1.807) is 0 Å². The van der Waals surface area contributed by atoms with Gasteiger partial charge in [0.05, 0.1) is 17.7 Å². The molecule has 0 fully saturated rings. The van der Waals surface area contributed by atoms with Gasteiger partial charge in [0.1, 0.15) is 5.76 Å². The fraction of sp³-hybridized carbons (Fsp3) is 0.455. The lowest BCUT2D eigenvalue weighted by Crippen LogP contribution is -2.16. The third-order valence-electron chi connectivity index (χ3n) is 5.42. The van der Waals surface area contributed by atoms with Crippen molar-refractivity contribution < 1.29 is 9.26 Å². The molecule has 0 amide bonds. The summed E-state index contributed by atoms with van der Waals surface area (Å²) in [4.78, 5) is 4.69. The van der Waals surface area contributed by atoms with Gasteiger partial charge in [-0.15, -0.1) is 0 Å². The van der Waals surface area contributed by atoms with Crippen LogP contribution in [0.15, 0.2) is 40.3 Å². The van der Waals surface area contributed by atoms with Crippen molar-refractivity contribution in [3.63, 3.8) is 0 Å². The second-order valence-corrected chi connectivity index (χ2v) is 7.81. The number of nitrogens with one attached hydrogen (secondary N) is 1. The average Bonchev–Trinajstić information content (AvgIpc) is 3.01. The second kappa shape index (κ2) is 7.80. The number of hydrogen-bond donors (Lipinski definition) is 2. The van der Waals surface area contributed by atoms with Gasteiger partial charge in [-0.1, -0.05) is 23.4 Å². The summed E-state index contributed by atoms with van der Waals surface area (Å²) in [6, 6.07) is 4.32. The van der Waals surface area contributed by atoms with Crippen LogP contribution in [0, 0.1) is 6.92 Å². The van der Waals surface area contributed by atoms with Gasteiger partial charge in [0.25, 0.3) is 0 Å². The summed E-state index contributed by atoms with van der Waals surface area (Å²) < 4.78 is 11.3. The van der Waals surface area contributed by atoms with Crippen LogP contribution in [0.2, 0.25) is 0 Å². The molecule has 2 aliphatic rings. The van der Waals surface area contributed by atoms with Crippen LogP contribution in [-0.2, 0) is 17.6 Å². The van der Waals surface area contributed by atoms with Gasteiger partial charge in [-0.2, -0.15) is 4.98 Å². The molecule has 1 aliphatic heterocycles. The van der Waals surface area contributed by atoms with Crippen LogP contribution in [0.5, 0.6) is 0 Å². The lowest BCUT2D eigenvalue weighted by Gasteiger charge is -2.19. The summed E-state index contributed by atoms with van der Waals surface area (Å²) in [5.74, 6) is 1.95. The van der Waals surface area contributed by atoms with Crippen LogP contribution in [0.3, 0.4) is 0 Å². The van der Waals surface area contributed by atoms with Crippen molar-refractivity contribution in [2.24, 2.45) is 5.73 Å². The first-order valence-corrected chi connectivity index (χ1v) is 10.0. The second-order valence-electron chi connectivity index (χ2n) is 7.81. The Hall–Kier alpha value is -2.60. The summed E-state index contributed by atoms with van der Waals surface area (Å²) in [6.07, 6.45) is 6.75. The quantitative estimate of drug-likeness (QED) is 0.846. The van der Waals surface area contributed by atoms with E-state index >= 15 is 0 Å². The predicted molar refractivity (Wildman–Crippen MR) is 109 cm³/mol. The first-order valence-electron chi connectivity index (χ1n) is 10.0. The Morgan fingerprint density at radius 2 is 2.07 bits per heavy atom. The average molecular weight is 380 g/mol. The van der Waals surface area contributed by atoms with E-state index in [1.165, 1.54) is 16.7 Å². The minimum atomic E-state index is -0.0221. The maximum Gasteiger partial charge on any atom is 0.234 e. The van der Waals surface area contributed by atoms with Gasteiger partial charge in [0.15, 0.2) is 0 Å². The van der Waals surface area contributed by atoms with E-state index in [1.807, 2.05) is 26.0 Å². The Balaban J connectivity index is 1.57. The molecule has 2 aromatic rings. The van der Waals surface area contributed by atoms with Crippen LogP contribution in [-0.4, -0.2) is 29.3 Å². The van der Waals surface area contributed by atoms with Crippen molar-refractivity contribution in [2.75, 3.05) is 13.1 Å². The highest BCUT2D eigenvalue weighted by atomic mass is 16.5. The summed E-state index contributed by atoms with van der Waals surface area (Å²) >= 11 is 0. The number of rotatable bonds is 4. The number of allylic oxidation sites excluding steroid dienone is 3. The number of fused-ring (bicyclic) bond motifs is 1. The van der Waals surface area contributed by atoms with E-state index in [-0.39, 0.29) is 12.0 Å². The Morgan fingerprint density at radius 1 is 1.25 bits per heavy atom. The summed E-state index contributed by atoms with van der Waals surface area (Å²) in [6.45, 7) is 8.18. The van der Waals surface area contributed by atoms with Crippen LogP contribution in [0.4, 0.5) is 0 Å². The highest BCUT2D eigenvalue weighted by Gasteiger charge is 2.24. The van der Waals surface area contributed by atoms with Crippen molar-refractivity contribution >= 4 is 0 Å². The normalized spacial score (nSPS) is 19.6. The third-order valence-corrected chi connectivity index (χ3v) is 5.42. The zero-order chi connectivity index (χ0) is 19.7. The van der Waals surface area contributed by atoms with Gasteiger partial charge in [0.2, 0.25) is 11.7 Å². The molecule has 3 N–H and O–H groups in total. The zero-order valence-electron chi connectivity index (χ0n) is 16.8. The number of hydrogen-bond acceptors (Lipinski definition) is 6. The van der Waals surface area contributed by atoms with Crippen molar-refractivity contribution in [2.45, 2.75) is 52.1 Å². The Labute approximate surface area is 165 Å². The molecule has 0 bridgehead atoms. The molecular formula is C22H28N4O2. The molecule has 6 nitrogen and oxygen atoms in total. The van der Waals surface area contributed by atoms with Gasteiger partial charge >= 0.3 is 0 Å². The topological polar surface area (TPSA) is 86.2 Å². The molecule has 4 rings (SSSR count). The van der Waals surface area contributed by atoms with Gasteiger partial charge in [0, 0.05) is 12.0 Å². The molecule has 1 aliphatic carbocycles. The Morgan fingerprint density at radius 3 is 2.86 bits per heavy atom. The van der Waals surface area contributed by atoms with E-state index in [9.17, 15) is 0 Å². The third kappa shape index (κ3) is 3.69. The van der Waals surface area contributed by atoms with Crippen LogP contribution in [0.1, 0.15) is 48.8 Å². The summed E-state index contributed by atoms with van der Waals surface area (Å²) in [5.41, 5.74) is 12.0. The van der Waals surface area contributed by atoms with Crippen molar-refractivity contribution in [3.05, 3.63) is 58.3 Å². The number of ether oxygens (including phenoxy) is 1. The van der Waals surface area contributed by atoms with Gasteiger partial charge in [-0.3, -0.25) is 0 Å². The van der Waals surface area contributed by atoms with Crippen molar-refractivity contribution in [1.82, 2.24) is 15.5 Å². The van der Waals surface area contributed by atoms with E-state index in [2.05, 4.69) is 29.5 Å². The molecule has 148 valence electrons. The number of nitrogens with two attached hydrogens (primary N) is 1. The minimum absolute atomic E-state index is 0.0221. The maximum atomic E-state index is 6.20. The molecule has 0 saturated heterocycles. The van der Waals surface area contributed by atoms with Crippen LogP contribution in [0.25, 0.3) is 11.4 Å². The standard InChI is InChI=1S/C22H28N4O2/c1-13(2)27-20-7-5-16(12-19(20)23)22-25-21(26-28-22)18-6-4-15-8-10-24-11-9-17(15)14(18)3/h4-7,13,16,24H,8-12,23H2,1-3H3. The molecule has 1 aromatic heterocycles. The van der Waals surface area contributed by atoms with Crippen LogP contribution >= 0.6 is 0 Å². The van der Waals surface area contributed by atoms with Gasteiger partial charge in [-0.25, -0.2) is 0 Å². The largest absolute Gasteiger partial charge is 0.489 e. The number of aromatic nitrogens is 2. The smallest absolute Gasteiger partial charge is 0.234 e. The Kier molecular flexibility index (Phi) is 5.22. The highest BCUT2D eigenvalue weighted by Crippen LogP contribution is 2.32. The fourth-order valence-electron chi connectivity index (χ4n) is 3.95. The molecule has 0 saturated carbocycles. The monoisotopic (exact) mass is 380 g/mol. The van der Waals surface area contributed by atoms with E-state index in [4.69, 9.17) is 20.0 Å². The first kappa shape index (κ1) is 18.7. The number of nitrogens with zero attached hydrogens (tertiary/aromatic N) is 2. The molecule has 1 atom stereocenters. The molecule has 0 radical (unpaired) electrons. The highest BCUT2D eigenvalue weighted by molar-refractivity contribution is 5.63. The van der Waals surface area contributed by atoms with Crippen LogP contribution < -0.4 is 11.1 Å². The van der Waals surface area contributed by atoms with E-state index in [0.29, 0.717) is 18.1 Å². The van der Waals surface area contributed by atoms with Crippen molar-refractivity contribution in [3.8, 4) is 11.4 Å². The summed E-state index contributed by atoms with van der Waals surface area (Å²) in [7, 11) is 0. The van der Waals surface area contributed by atoms with Crippen molar-refractivity contribution in [1.29, 1.82) is 0 Å². The molecular weight excluding hydrogens is 352 g/mol. The Bertz CT molecular complexity index is 927. The molecule has 0 spiro atoms.